The first kappa shape index (κ1) is 18.8. The molecule has 1 aromatic carbocycles. The maximum atomic E-state index is 12.8. The number of aromatic hydroxyl groups is 1. The second-order valence-electron chi connectivity index (χ2n) is 7.34. The second-order valence-corrected chi connectivity index (χ2v) is 8.16. The van der Waals surface area contributed by atoms with E-state index in [2.05, 4.69) is 5.32 Å². The number of nitrogens with zero attached hydrogens (tertiary/aromatic N) is 1. The van der Waals surface area contributed by atoms with Crippen LogP contribution < -0.4 is 11.1 Å². The Kier molecular flexibility index (Phi) is 5.49. The highest BCUT2D eigenvalue weighted by Gasteiger charge is 2.40. The molecule has 1 amide bonds. The quantitative estimate of drug-likeness (QED) is 0.746. The number of benzene rings is 1. The van der Waals surface area contributed by atoms with E-state index in [9.17, 15) is 9.90 Å². The summed E-state index contributed by atoms with van der Waals surface area (Å²) in [6.07, 6.45) is 3.55. The molecule has 2 fully saturated rings. The second kappa shape index (κ2) is 7.31. The van der Waals surface area contributed by atoms with Crippen LogP contribution in [0.25, 0.3) is 0 Å². The highest BCUT2D eigenvalue weighted by Crippen LogP contribution is 2.38. The average Bonchev–Trinajstić information content (AvgIpc) is 3.05. The lowest BCUT2D eigenvalue weighted by Gasteiger charge is -2.38. The highest BCUT2D eigenvalue weighted by molar-refractivity contribution is 6.42. The highest BCUT2D eigenvalue weighted by atomic mass is 35.5. The number of hydrogen-bond donors (Lipinski definition) is 3. The fourth-order valence-corrected chi connectivity index (χ4v) is 4.29. The Labute approximate surface area is 158 Å². The first-order chi connectivity index (χ1) is 11.8. The van der Waals surface area contributed by atoms with Crippen LogP contribution in [0.5, 0.6) is 5.75 Å². The van der Waals surface area contributed by atoms with Crippen molar-refractivity contribution >= 4 is 29.1 Å². The number of likely N-dealkylation sites (tertiary alicyclic amines) is 1. The number of nitrogens with one attached hydrogen (secondary N) is 1. The van der Waals surface area contributed by atoms with Crippen molar-refractivity contribution in [2.75, 3.05) is 19.6 Å². The van der Waals surface area contributed by atoms with E-state index < -0.39 is 5.54 Å². The van der Waals surface area contributed by atoms with Crippen molar-refractivity contribution < 1.29 is 9.90 Å². The molecule has 0 unspecified atom stereocenters. The number of nitrogens with two attached hydrogens (primary N) is 1. The summed E-state index contributed by atoms with van der Waals surface area (Å²) in [6.45, 7) is 4.28. The minimum atomic E-state index is -0.420. The number of phenolic OH excluding ortho intramolecular Hbond substituents is 1. The van der Waals surface area contributed by atoms with Crippen LogP contribution in [-0.4, -0.2) is 41.1 Å². The molecule has 0 spiro atoms. The van der Waals surface area contributed by atoms with Crippen LogP contribution >= 0.6 is 23.2 Å². The van der Waals surface area contributed by atoms with Gasteiger partial charge in [-0.1, -0.05) is 23.2 Å². The van der Waals surface area contributed by atoms with E-state index in [1.165, 1.54) is 6.07 Å². The summed E-state index contributed by atoms with van der Waals surface area (Å²) in [5.74, 6) is 0.453. The Hall–Kier alpha value is -1.01. The molecule has 25 heavy (non-hydrogen) atoms. The van der Waals surface area contributed by atoms with Crippen LogP contribution in [0.1, 0.15) is 44.2 Å². The zero-order valence-corrected chi connectivity index (χ0v) is 15.9. The number of piperidine rings is 1. The van der Waals surface area contributed by atoms with Gasteiger partial charge in [0, 0.05) is 30.8 Å². The molecule has 0 bridgehead atoms. The van der Waals surface area contributed by atoms with Gasteiger partial charge < -0.3 is 21.1 Å². The molecule has 4 N–H and O–H groups in total. The fraction of sp³-hybridized carbons (Fsp3) is 0.611. The summed E-state index contributed by atoms with van der Waals surface area (Å²) >= 11 is 12.0. The van der Waals surface area contributed by atoms with Crippen LogP contribution in [-0.2, 0) is 4.79 Å². The molecule has 1 aromatic rings. The zero-order chi connectivity index (χ0) is 18.2. The van der Waals surface area contributed by atoms with Gasteiger partial charge in [0.15, 0.2) is 0 Å². The van der Waals surface area contributed by atoms with Crippen molar-refractivity contribution in [3.63, 3.8) is 0 Å². The van der Waals surface area contributed by atoms with Gasteiger partial charge in [-0.3, -0.25) is 4.79 Å². The van der Waals surface area contributed by atoms with Gasteiger partial charge in [0.1, 0.15) is 5.75 Å². The van der Waals surface area contributed by atoms with Crippen molar-refractivity contribution in [3.8, 4) is 5.75 Å². The van der Waals surface area contributed by atoms with E-state index in [-0.39, 0.29) is 23.6 Å². The van der Waals surface area contributed by atoms with Gasteiger partial charge in [-0.25, -0.2) is 0 Å². The Bertz CT molecular complexity index is 654. The molecule has 2 aliphatic heterocycles. The Morgan fingerprint density at radius 3 is 2.60 bits per heavy atom. The van der Waals surface area contributed by atoms with E-state index in [4.69, 9.17) is 28.9 Å². The van der Waals surface area contributed by atoms with E-state index in [0.717, 1.165) is 32.2 Å². The first-order valence-electron chi connectivity index (χ1n) is 8.80. The number of halogens is 2. The van der Waals surface area contributed by atoms with Gasteiger partial charge in [0.2, 0.25) is 5.91 Å². The molecule has 2 aliphatic rings. The largest absolute Gasteiger partial charge is 0.508 e. The molecule has 138 valence electrons. The number of carbonyl (C=O) groups is 1. The van der Waals surface area contributed by atoms with Gasteiger partial charge in [-0.05, 0) is 51.1 Å². The number of carbonyl (C=O) groups excluding carboxylic acids is 1. The predicted molar refractivity (Wildman–Crippen MR) is 100 cm³/mol. The van der Waals surface area contributed by atoms with Crippen molar-refractivity contribution in [2.24, 2.45) is 11.7 Å². The number of hydrogen-bond acceptors (Lipinski definition) is 4. The first-order valence-corrected chi connectivity index (χ1v) is 9.55. The van der Waals surface area contributed by atoms with Crippen LogP contribution in [0, 0.1) is 5.92 Å². The summed E-state index contributed by atoms with van der Waals surface area (Å²) in [4.78, 5) is 14.7. The topological polar surface area (TPSA) is 78.6 Å². The lowest BCUT2D eigenvalue weighted by Crippen LogP contribution is -2.55. The Morgan fingerprint density at radius 2 is 2.00 bits per heavy atom. The van der Waals surface area contributed by atoms with Crippen LogP contribution in [0.3, 0.4) is 0 Å². The van der Waals surface area contributed by atoms with Gasteiger partial charge >= 0.3 is 0 Å². The van der Waals surface area contributed by atoms with Gasteiger partial charge in [0.25, 0.3) is 0 Å². The summed E-state index contributed by atoms with van der Waals surface area (Å²) in [7, 11) is 0. The molecule has 2 saturated heterocycles. The minimum absolute atomic E-state index is 0.0723. The third-order valence-corrected chi connectivity index (χ3v) is 6.33. The van der Waals surface area contributed by atoms with Crippen molar-refractivity contribution in [1.29, 1.82) is 0 Å². The number of phenols is 1. The lowest BCUT2D eigenvalue weighted by atomic mass is 9.85. The Balaban J connectivity index is 1.64. The third kappa shape index (κ3) is 3.75. The smallest absolute Gasteiger partial charge is 0.242 e. The molecule has 5 nitrogen and oxygen atoms in total. The third-order valence-electron chi connectivity index (χ3n) is 5.60. The zero-order valence-electron chi connectivity index (χ0n) is 14.4. The van der Waals surface area contributed by atoms with Crippen molar-refractivity contribution in [3.05, 3.63) is 27.7 Å². The van der Waals surface area contributed by atoms with Crippen LogP contribution in [0.2, 0.25) is 10.0 Å². The van der Waals surface area contributed by atoms with E-state index in [1.54, 1.807) is 6.07 Å². The summed E-state index contributed by atoms with van der Waals surface area (Å²) in [5.41, 5.74) is 6.58. The van der Waals surface area contributed by atoms with Crippen LogP contribution in [0.4, 0.5) is 0 Å². The average molecular weight is 386 g/mol. The van der Waals surface area contributed by atoms with Crippen molar-refractivity contribution in [1.82, 2.24) is 10.2 Å². The maximum absolute atomic E-state index is 12.8. The predicted octanol–water partition coefficient (Wildman–Crippen LogP) is 3.08. The molecular weight excluding hydrogens is 361 g/mol. The number of amides is 1. The van der Waals surface area contributed by atoms with Crippen molar-refractivity contribution in [2.45, 2.75) is 44.2 Å². The monoisotopic (exact) mass is 385 g/mol. The minimum Gasteiger partial charge on any atom is -0.508 e. The molecule has 7 heteroatoms. The summed E-state index contributed by atoms with van der Waals surface area (Å²) in [5, 5.41) is 14.2. The van der Waals surface area contributed by atoms with E-state index >= 15 is 0 Å². The van der Waals surface area contributed by atoms with Gasteiger partial charge in [0.05, 0.1) is 15.6 Å². The van der Waals surface area contributed by atoms with E-state index in [1.807, 2.05) is 11.8 Å². The lowest BCUT2D eigenvalue weighted by molar-refractivity contribution is -0.138. The molecule has 0 radical (unpaired) electrons. The molecule has 0 aromatic heterocycles. The molecule has 3 rings (SSSR count). The normalized spacial score (nSPS) is 26.0. The summed E-state index contributed by atoms with van der Waals surface area (Å²) < 4.78 is 0. The molecule has 0 aliphatic carbocycles. The number of rotatable bonds is 3. The van der Waals surface area contributed by atoms with Gasteiger partial charge in [-0.15, -0.1) is 0 Å². The molecule has 2 atom stereocenters. The van der Waals surface area contributed by atoms with Gasteiger partial charge in [-0.2, -0.15) is 0 Å². The summed E-state index contributed by atoms with van der Waals surface area (Å²) in [6, 6.07) is 2.75. The SMILES string of the molecule is C[C@]1(C(=O)N2CCC([C@@H](N)c3cc(Cl)c(Cl)cc3O)CC2)CCCN1. The maximum Gasteiger partial charge on any atom is 0.242 e. The molecule has 2 heterocycles. The van der Waals surface area contributed by atoms with Crippen LogP contribution in [0.15, 0.2) is 12.1 Å². The molecule has 0 saturated carbocycles. The Morgan fingerprint density at radius 1 is 1.36 bits per heavy atom. The fourth-order valence-electron chi connectivity index (χ4n) is 3.96. The van der Waals surface area contributed by atoms with E-state index in [0.29, 0.717) is 28.7 Å². The molecular formula is C18H25Cl2N3O2. The standard InChI is InChI=1S/C18H25Cl2N3O2/c1-18(5-2-6-22-18)17(25)23-7-3-11(4-8-23)16(21)12-9-13(19)14(20)10-15(12)24/h9-11,16,22,24H,2-8,21H2,1H3/t16-,18-/m1/s1.